The lowest BCUT2D eigenvalue weighted by Gasteiger charge is -2.07. The normalized spacial score (nSPS) is 10.5. The molecule has 9 nitrogen and oxygen atoms in total. The van der Waals surface area contributed by atoms with Crippen LogP contribution in [0.3, 0.4) is 0 Å². The van der Waals surface area contributed by atoms with E-state index in [1.807, 2.05) is 12.1 Å². The summed E-state index contributed by atoms with van der Waals surface area (Å²) in [5.74, 6) is -0.0978. The van der Waals surface area contributed by atoms with Gasteiger partial charge in [0.25, 0.3) is 0 Å². The second-order valence-electron chi connectivity index (χ2n) is 4.26. The maximum Gasteiger partial charge on any atom is 0.226 e. The topological polar surface area (TPSA) is 103 Å². The molecule has 3 rings (SSSR count). The van der Waals surface area contributed by atoms with E-state index in [0.29, 0.717) is 18.7 Å². The number of carbonyl (C=O) groups excluding carboxylic acids is 1. The molecule has 0 saturated heterocycles. The van der Waals surface area contributed by atoms with Gasteiger partial charge in [0.1, 0.15) is 19.0 Å². The zero-order valence-electron chi connectivity index (χ0n) is 11.0. The molecule has 2 heterocycles. The van der Waals surface area contributed by atoms with Crippen LogP contribution in [0.25, 0.3) is 5.69 Å². The molecular weight excluding hydrogens is 272 g/mol. The van der Waals surface area contributed by atoms with Crippen LogP contribution in [0.1, 0.15) is 6.42 Å². The average molecular weight is 284 g/mol. The monoisotopic (exact) mass is 284 g/mol. The Hall–Kier alpha value is -3.10. The number of rotatable bonds is 5. The largest absolute Gasteiger partial charge is 0.326 e. The van der Waals surface area contributed by atoms with Gasteiger partial charge in [-0.1, -0.05) is 6.07 Å². The van der Waals surface area contributed by atoms with Gasteiger partial charge in [-0.05, 0) is 28.6 Å². The molecule has 0 aliphatic heterocycles. The summed E-state index contributed by atoms with van der Waals surface area (Å²) in [7, 11) is 0. The van der Waals surface area contributed by atoms with Gasteiger partial charge in [0.2, 0.25) is 5.91 Å². The van der Waals surface area contributed by atoms with Crippen LogP contribution in [0.15, 0.2) is 43.2 Å². The van der Waals surface area contributed by atoms with Crippen LogP contribution in [-0.2, 0) is 11.3 Å². The molecule has 9 heteroatoms. The lowest BCUT2D eigenvalue weighted by Crippen LogP contribution is -2.15. The van der Waals surface area contributed by atoms with Gasteiger partial charge in [0.05, 0.1) is 12.2 Å². The zero-order valence-corrected chi connectivity index (χ0v) is 11.0. The maximum atomic E-state index is 11.9. The van der Waals surface area contributed by atoms with E-state index >= 15 is 0 Å². The highest BCUT2D eigenvalue weighted by atomic mass is 16.1. The van der Waals surface area contributed by atoms with Crippen molar-refractivity contribution in [2.24, 2.45) is 0 Å². The van der Waals surface area contributed by atoms with Gasteiger partial charge in [0, 0.05) is 12.1 Å². The standard InChI is InChI=1S/C12H12N8O/c21-12(4-5-19-8-13-7-15-19)16-10-2-1-3-11(6-10)20-9-14-17-18-20/h1-3,6-9H,4-5H2,(H,16,21). The van der Waals surface area contributed by atoms with Crippen molar-refractivity contribution in [3.8, 4) is 5.69 Å². The quantitative estimate of drug-likeness (QED) is 0.722. The molecule has 0 aliphatic carbocycles. The van der Waals surface area contributed by atoms with Crippen molar-refractivity contribution in [2.75, 3.05) is 5.32 Å². The minimum absolute atomic E-state index is 0.0978. The molecule has 21 heavy (non-hydrogen) atoms. The Morgan fingerprint density at radius 1 is 1.29 bits per heavy atom. The summed E-state index contributed by atoms with van der Waals surface area (Å²) in [5, 5.41) is 17.7. The predicted molar refractivity (Wildman–Crippen MR) is 72.4 cm³/mol. The smallest absolute Gasteiger partial charge is 0.226 e. The Morgan fingerprint density at radius 3 is 3.00 bits per heavy atom. The third kappa shape index (κ3) is 3.26. The molecule has 1 N–H and O–H groups in total. The number of benzene rings is 1. The second-order valence-corrected chi connectivity index (χ2v) is 4.26. The number of carbonyl (C=O) groups is 1. The lowest BCUT2D eigenvalue weighted by atomic mass is 10.2. The summed E-state index contributed by atoms with van der Waals surface area (Å²) in [6.45, 7) is 0.485. The number of aryl methyl sites for hydroxylation is 1. The zero-order chi connectivity index (χ0) is 14.5. The van der Waals surface area contributed by atoms with Crippen LogP contribution in [0, 0.1) is 0 Å². The molecule has 3 aromatic rings. The van der Waals surface area contributed by atoms with E-state index in [0.717, 1.165) is 5.69 Å². The molecule has 106 valence electrons. The summed E-state index contributed by atoms with van der Waals surface area (Å²) in [6, 6.07) is 7.27. The first-order valence-electron chi connectivity index (χ1n) is 6.27. The first-order valence-corrected chi connectivity index (χ1v) is 6.27. The molecule has 2 aromatic heterocycles. The molecule has 1 aromatic carbocycles. The summed E-state index contributed by atoms with van der Waals surface area (Å²) >= 11 is 0. The van der Waals surface area contributed by atoms with E-state index in [9.17, 15) is 4.79 Å². The van der Waals surface area contributed by atoms with Gasteiger partial charge in [-0.25, -0.2) is 9.67 Å². The van der Waals surface area contributed by atoms with E-state index in [1.54, 1.807) is 23.1 Å². The molecule has 0 saturated carbocycles. The molecule has 0 aliphatic rings. The summed E-state index contributed by atoms with van der Waals surface area (Å²) < 4.78 is 3.13. The maximum absolute atomic E-state index is 11.9. The number of anilines is 1. The number of amides is 1. The van der Waals surface area contributed by atoms with Crippen LogP contribution in [0.5, 0.6) is 0 Å². The first-order chi connectivity index (χ1) is 10.3. The van der Waals surface area contributed by atoms with E-state index in [4.69, 9.17) is 0 Å². The van der Waals surface area contributed by atoms with Crippen molar-refractivity contribution in [2.45, 2.75) is 13.0 Å². The number of hydrogen-bond donors (Lipinski definition) is 1. The molecule has 0 spiro atoms. The van der Waals surface area contributed by atoms with Crippen LogP contribution in [-0.4, -0.2) is 40.9 Å². The third-order valence-electron chi connectivity index (χ3n) is 2.78. The van der Waals surface area contributed by atoms with E-state index in [2.05, 4.69) is 30.9 Å². The van der Waals surface area contributed by atoms with Gasteiger partial charge in [-0.2, -0.15) is 5.10 Å². The Bertz CT molecular complexity index is 707. The average Bonchev–Trinajstić information content (AvgIpc) is 3.19. The van der Waals surface area contributed by atoms with Crippen molar-refractivity contribution in [1.82, 2.24) is 35.0 Å². The first kappa shape index (κ1) is 12.9. The van der Waals surface area contributed by atoms with Crippen molar-refractivity contribution >= 4 is 11.6 Å². The van der Waals surface area contributed by atoms with E-state index in [-0.39, 0.29) is 5.91 Å². The molecular formula is C12H12N8O. The Kier molecular flexibility index (Phi) is 3.63. The predicted octanol–water partition coefficient (Wildman–Crippen LogP) is 0.283. The highest BCUT2D eigenvalue weighted by Crippen LogP contribution is 2.13. The molecule has 0 unspecified atom stereocenters. The minimum atomic E-state index is -0.0978. The van der Waals surface area contributed by atoms with Crippen molar-refractivity contribution < 1.29 is 4.79 Å². The second kappa shape index (κ2) is 5.90. The summed E-state index contributed by atoms with van der Waals surface area (Å²) in [4.78, 5) is 15.7. The van der Waals surface area contributed by atoms with Gasteiger partial charge in [-0.3, -0.25) is 9.48 Å². The van der Waals surface area contributed by atoms with Crippen molar-refractivity contribution in [3.63, 3.8) is 0 Å². The number of nitrogens with one attached hydrogen (secondary N) is 1. The van der Waals surface area contributed by atoms with Crippen molar-refractivity contribution in [1.29, 1.82) is 0 Å². The number of nitrogens with zero attached hydrogens (tertiary/aromatic N) is 7. The fourth-order valence-corrected chi connectivity index (χ4v) is 1.79. The van der Waals surface area contributed by atoms with Gasteiger partial charge in [0.15, 0.2) is 0 Å². The Labute approximate surface area is 119 Å². The molecule has 0 bridgehead atoms. The number of aromatic nitrogens is 7. The fourth-order valence-electron chi connectivity index (χ4n) is 1.79. The summed E-state index contributed by atoms with van der Waals surface area (Å²) in [6.07, 6.45) is 4.82. The van der Waals surface area contributed by atoms with Crippen LogP contribution in [0.2, 0.25) is 0 Å². The fraction of sp³-hybridized carbons (Fsp3) is 0.167. The van der Waals surface area contributed by atoms with E-state index in [1.165, 1.54) is 17.3 Å². The minimum Gasteiger partial charge on any atom is -0.326 e. The number of hydrogen-bond acceptors (Lipinski definition) is 6. The van der Waals surface area contributed by atoms with Gasteiger partial charge in [-0.15, -0.1) is 5.10 Å². The highest BCUT2D eigenvalue weighted by Gasteiger charge is 2.05. The van der Waals surface area contributed by atoms with Crippen LogP contribution < -0.4 is 5.32 Å². The van der Waals surface area contributed by atoms with E-state index < -0.39 is 0 Å². The van der Waals surface area contributed by atoms with Crippen LogP contribution in [0.4, 0.5) is 5.69 Å². The molecule has 0 atom stereocenters. The molecule has 0 radical (unpaired) electrons. The Balaban J connectivity index is 1.62. The Morgan fingerprint density at radius 2 is 2.24 bits per heavy atom. The highest BCUT2D eigenvalue weighted by molar-refractivity contribution is 5.90. The van der Waals surface area contributed by atoms with Crippen LogP contribution >= 0.6 is 0 Å². The van der Waals surface area contributed by atoms with Gasteiger partial charge >= 0.3 is 0 Å². The number of tetrazole rings is 1. The summed E-state index contributed by atoms with van der Waals surface area (Å²) in [5.41, 5.74) is 1.46. The van der Waals surface area contributed by atoms with Crippen molar-refractivity contribution in [3.05, 3.63) is 43.2 Å². The van der Waals surface area contributed by atoms with Gasteiger partial charge < -0.3 is 5.32 Å². The molecule has 0 fully saturated rings. The lowest BCUT2D eigenvalue weighted by molar-refractivity contribution is -0.116. The SMILES string of the molecule is O=C(CCn1cncn1)Nc1cccc(-n2cnnn2)c1. The molecule has 1 amide bonds. The third-order valence-corrected chi connectivity index (χ3v) is 2.78.